The minimum Gasteiger partial charge on any atom is -0.398 e. The van der Waals surface area contributed by atoms with Crippen LogP contribution in [-0.4, -0.2) is 15.8 Å². The molecule has 0 heterocycles. The van der Waals surface area contributed by atoms with Crippen LogP contribution in [0.3, 0.4) is 0 Å². The van der Waals surface area contributed by atoms with Crippen molar-refractivity contribution in [1.82, 2.24) is 0 Å². The first kappa shape index (κ1) is 14.1. The van der Waals surface area contributed by atoms with E-state index in [1.165, 1.54) is 36.9 Å². The van der Waals surface area contributed by atoms with Crippen molar-refractivity contribution in [3.8, 4) is 11.8 Å². The van der Waals surface area contributed by atoms with Gasteiger partial charge >= 0.3 is 0 Å². The second-order valence-electron chi connectivity index (χ2n) is 3.42. The molecule has 18 heavy (non-hydrogen) atoms. The van der Waals surface area contributed by atoms with E-state index >= 15 is 0 Å². The summed E-state index contributed by atoms with van der Waals surface area (Å²) in [6.45, 7) is 1.50. The Morgan fingerprint density at radius 2 is 2.28 bits per heavy atom. The average Bonchev–Trinajstić information content (AvgIpc) is 2.30. The van der Waals surface area contributed by atoms with Gasteiger partial charge in [0.05, 0.1) is 10.5 Å². The van der Waals surface area contributed by atoms with Crippen LogP contribution in [0.25, 0.3) is 0 Å². The number of nitrogens with two attached hydrogens (primary N) is 1. The molecule has 0 aliphatic heterocycles. The Kier molecular flexibility index (Phi) is 5.21. The lowest BCUT2D eigenvalue weighted by molar-refractivity contribution is -0.384. The zero-order valence-corrected chi connectivity index (χ0v) is 10.6. The number of nitro benzene ring substituents is 1. The zero-order chi connectivity index (χ0) is 13.5. The molecule has 0 aliphatic carbocycles. The summed E-state index contributed by atoms with van der Waals surface area (Å²) in [7, 11) is 0. The topological polar surface area (TPSA) is 86.2 Å². The van der Waals surface area contributed by atoms with Crippen LogP contribution in [-0.2, 0) is 4.79 Å². The second kappa shape index (κ2) is 6.67. The summed E-state index contributed by atoms with van der Waals surface area (Å²) < 4.78 is 0. The largest absolute Gasteiger partial charge is 0.398 e. The van der Waals surface area contributed by atoms with Gasteiger partial charge in [0.15, 0.2) is 5.12 Å². The molecule has 1 rings (SSSR count). The predicted molar refractivity (Wildman–Crippen MR) is 72.1 cm³/mol. The van der Waals surface area contributed by atoms with E-state index in [2.05, 4.69) is 11.8 Å². The normalized spacial score (nSPS) is 9.39. The third-order valence-electron chi connectivity index (χ3n) is 2.00. The number of carbonyl (C=O) groups is 1. The number of hydrogen-bond donors (Lipinski definition) is 1. The molecule has 0 radical (unpaired) electrons. The first-order chi connectivity index (χ1) is 8.50. The summed E-state index contributed by atoms with van der Waals surface area (Å²) in [6.07, 6.45) is 0.534. The first-order valence-electron chi connectivity index (χ1n) is 5.17. The molecule has 1 aromatic rings. The van der Waals surface area contributed by atoms with E-state index in [9.17, 15) is 14.9 Å². The molecule has 0 aromatic heterocycles. The maximum Gasteiger partial charge on any atom is 0.270 e. The summed E-state index contributed by atoms with van der Waals surface area (Å²) in [5.74, 6) is 6.22. The van der Waals surface area contributed by atoms with Crippen LogP contribution in [0.2, 0.25) is 0 Å². The fourth-order valence-corrected chi connectivity index (χ4v) is 1.66. The van der Waals surface area contributed by atoms with Crippen molar-refractivity contribution in [2.75, 3.05) is 11.5 Å². The maximum absolute atomic E-state index is 10.7. The van der Waals surface area contributed by atoms with E-state index in [0.29, 0.717) is 23.4 Å². The van der Waals surface area contributed by atoms with Crippen molar-refractivity contribution in [3.63, 3.8) is 0 Å². The number of thioether (sulfide) groups is 1. The molecule has 0 atom stereocenters. The molecule has 2 N–H and O–H groups in total. The number of carbonyl (C=O) groups excluding carboxylic acids is 1. The number of nitro groups is 1. The van der Waals surface area contributed by atoms with Crippen molar-refractivity contribution in [3.05, 3.63) is 33.9 Å². The van der Waals surface area contributed by atoms with Crippen molar-refractivity contribution >= 4 is 28.3 Å². The summed E-state index contributed by atoms with van der Waals surface area (Å²) in [4.78, 5) is 20.8. The Morgan fingerprint density at radius 3 is 2.89 bits per heavy atom. The number of nitrogen functional groups attached to an aromatic ring is 1. The number of nitrogens with zero attached hydrogens (tertiary/aromatic N) is 1. The lowest BCUT2D eigenvalue weighted by atomic mass is 10.1. The average molecular weight is 264 g/mol. The Balaban J connectivity index is 2.71. The molecule has 1 aromatic carbocycles. The molecule has 0 spiro atoms. The molecule has 6 heteroatoms. The summed E-state index contributed by atoms with van der Waals surface area (Å²) in [5.41, 5.74) is 6.48. The van der Waals surface area contributed by atoms with Gasteiger partial charge in [-0.05, 0) is 6.07 Å². The van der Waals surface area contributed by atoms with Crippen LogP contribution in [0.1, 0.15) is 18.9 Å². The van der Waals surface area contributed by atoms with E-state index in [1.807, 2.05) is 0 Å². The first-order valence-corrected chi connectivity index (χ1v) is 6.15. The smallest absolute Gasteiger partial charge is 0.270 e. The van der Waals surface area contributed by atoms with Crippen molar-refractivity contribution in [2.45, 2.75) is 13.3 Å². The highest BCUT2D eigenvalue weighted by Crippen LogP contribution is 2.18. The van der Waals surface area contributed by atoms with E-state index in [0.717, 1.165) is 0 Å². The predicted octanol–water partition coefficient (Wildman–Crippen LogP) is 2.20. The summed E-state index contributed by atoms with van der Waals surface area (Å²) in [6, 6.07) is 4.15. The molecule has 0 aliphatic rings. The Labute approximate surface area is 109 Å². The van der Waals surface area contributed by atoms with Crippen molar-refractivity contribution < 1.29 is 9.72 Å². The maximum atomic E-state index is 10.7. The van der Waals surface area contributed by atoms with Crippen molar-refractivity contribution in [1.29, 1.82) is 0 Å². The van der Waals surface area contributed by atoms with Crippen LogP contribution in [0.4, 0.5) is 11.4 Å². The zero-order valence-electron chi connectivity index (χ0n) is 9.80. The monoisotopic (exact) mass is 264 g/mol. The SMILES string of the molecule is CC(=O)SCCC#Cc1cc([N+](=O)[O-])ccc1N. The number of non-ortho nitro benzene ring substituents is 1. The number of anilines is 1. The molecule has 0 unspecified atom stereocenters. The molecule has 0 saturated carbocycles. The fraction of sp³-hybridized carbons (Fsp3) is 0.250. The van der Waals surface area contributed by atoms with Gasteiger partial charge in [-0.15, -0.1) is 0 Å². The van der Waals surface area contributed by atoms with Crippen LogP contribution in [0, 0.1) is 22.0 Å². The molecule has 0 amide bonds. The minimum atomic E-state index is -0.490. The van der Waals surface area contributed by atoms with Gasteiger partial charge in [-0.25, -0.2) is 0 Å². The van der Waals surface area contributed by atoms with Crippen LogP contribution in [0.15, 0.2) is 18.2 Å². The fourth-order valence-electron chi connectivity index (χ4n) is 1.17. The molecular weight excluding hydrogens is 252 g/mol. The van der Waals surface area contributed by atoms with Crippen LogP contribution < -0.4 is 5.73 Å². The summed E-state index contributed by atoms with van der Waals surface area (Å²) >= 11 is 1.20. The quantitative estimate of drug-likeness (QED) is 0.297. The third-order valence-corrected chi connectivity index (χ3v) is 2.82. The highest BCUT2D eigenvalue weighted by Gasteiger charge is 2.07. The molecule has 0 fully saturated rings. The Bertz CT molecular complexity index is 532. The Morgan fingerprint density at radius 1 is 1.56 bits per heavy atom. The summed E-state index contributed by atoms with van der Waals surface area (Å²) in [5, 5.41) is 10.6. The lowest BCUT2D eigenvalue weighted by Gasteiger charge is -1.97. The molecule has 0 saturated heterocycles. The van der Waals surface area contributed by atoms with E-state index in [4.69, 9.17) is 5.73 Å². The van der Waals surface area contributed by atoms with Crippen molar-refractivity contribution in [2.24, 2.45) is 0 Å². The van der Waals surface area contributed by atoms with E-state index in [-0.39, 0.29) is 10.8 Å². The van der Waals surface area contributed by atoms with Gasteiger partial charge in [-0.1, -0.05) is 23.6 Å². The molecule has 0 bridgehead atoms. The number of benzene rings is 1. The van der Waals surface area contributed by atoms with Gasteiger partial charge in [-0.3, -0.25) is 14.9 Å². The highest BCUT2D eigenvalue weighted by molar-refractivity contribution is 8.13. The number of rotatable bonds is 3. The number of hydrogen-bond acceptors (Lipinski definition) is 5. The lowest BCUT2D eigenvalue weighted by Crippen LogP contribution is -1.94. The van der Waals surface area contributed by atoms with Gasteiger partial charge < -0.3 is 5.73 Å². The van der Waals surface area contributed by atoms with Gasteiger partial charge in [0, 0.05) is 36.9 Å². The Hall–Kier alpha value is -2.00. The minimum absolute atomic E-state index is 0.0355. The van der Waals surface area contributed by atoms with Gasteiger partial charge in [0.2, 0.25) is 0 Å². The van der Waals surface area contributed by atoms with E-state index in [1.54, 1.807) is 0 Å². The molecular formula is C12H12N2O3S. The van der Waals surface area contributed by atoms with Gasteiger partial charge in [-0.2, -0.15) is 0 Å². The van der Waals surface area contributed by atoms with E-state index < -0.39 is 4.92 Å². The van der Waals surface area contributed by atoms with Crippen LogP contribution in [0.5, 0.6) is 0 Å². The van der Waals surface area contributed by atoms with Gasteiger partial charge in [0.25, 0.3) is 5.69 Å². The van der Waals surface area contributed by atoms with Crippen LogP contribution >= 0.6 is 11.8 Å². The third kappa shape index (κ3) is 4.47. The second-order valence-corrected chi connectivity index (χ2v) is 4.69. The standard InChI is InChI=1S/C12H12N2O3S/c1-9(15)18-7-3-2-4-10-8-11(14(16)17)5-6-12(10)13/h5-6,8H,3,7,13H2,1H3. The molecule has 94 valence electrons. The van der Waals surface area contributed by atoms with Gasteiger partial charge in [0.1, 0.15) is 0 Å². The highest BCUT2D eigenvalue weighted by atomic mass is 32.2. The molecule has 5 nitrogen and oxygen atoms in total.